The molecule has 2 N–H and O–H groups in total. The molecule has 2 aliphatic heterocycles. The van der Waals surface area contributed by atoms with Gasteiger partial charge in [0.25, 0.3) is 0 Å². The zero-order valence-corrected chi connectivity index (χ0v) is 15.8. The summed E-state index contributed by atoms with van der Waals surface area (Å²) in [7, 11) is 0. The van der Waals surface area contributed by atoms with E-state index in [2.05, 4.69) is 20.1 Å². The van der Waals surface area contributed by atoms with E-state index in [-0.39, 0.29) is 12.9 Å². The summed E-state index contributed by atoms with van der Waals surface area (Å²) in [4.78, 5) is 6.93. The van der Waals surface area contributed by atoms with Crippen LogP contribution >= 0.6 is 0 Å². The number of nitrogens with one attached hydrogen (secondary N) is 1. The average molecular weight is 394 g/mol. The van der Waals surface area contributed by atoms with Gasteiger partial charge < -0.3 is 24.2 Å². The number of aromatic nitrogens is 3. The fourth-order valence-electron chi connectivity index (χ4n) is 4.92. The number of rotatable bonds is 3. The molecule has 6 rings (SSSR count). The number of hydrogen-bond acceptors (Lipinski definition) is 7. The lowest BCUT2D eigenvalue weighted by Crippen LogP contribution is -2.42. The molecule has 8 nitrogen and oxygen atoms in total. The van der Waals surface area contributed by atoms with Crippen LogP contribution in [0.3, 0.4) is 0 Å². The summed E-state index contributed by atoms with van der Waals surface area (Å²) in [6.45, 7) is 2.05. The lowest BCUT2D eigenvalue weighted by molar-refractivity contribution is -0.0232. The van der Waals surface area contributed by atoms with Crippen LogP contribution in [-0.4, -0.2) is 52.4 Å². The first-order chi connectivity index (χ1) is 14.2. The van der Waals surface area contributed by atoms with Gasteiger partial charge in [-0.2, -0.15) is 5.10 Å². The van der Waals surface area contributed by atoms with Crippen LogP contribution in [-0.2, 0) is 0 Å². The number of ether oxygens (including phenoxy) is 3. The predicted molar refractivity (Wildman–Crippen MR) is 105 cm³/mol. The van der Waals surface area contributed by atoms with Crippen molar-refractivity contribution in [2.45, 2.75) is 25.0 Å². The molecule has 1 aliphatic carbocycles. The molecule has 150 valence electrons. The van der Waals surface area contributed by atoms with E-state index in [9.17, 15) is 5.11 Å². The van der Waals surface area contributed by atoms with Crippen molar-refractivity contribution in [3.8, 4) is 17.2 Å². The molecule has 0 bridgehead atoms. The Hall–Kier alpha value is -3.00. The van der Waals surface area contributed by atoms with Crippen molar-refractivity contribution in [2.75, 3.05) is 24.8 Å². The van der Waals surface area contributed by atoms with E-state index in [0.29, 0.717) is 23.3 Å². The molecule has 0 radical (unpaired) electrons. The van der Waals surface area contributed by atoms with Crippen LogP contribution < -0.4 is 19.1 Å². The van der Waals surface area contributed by atoms with Crippen molar-refractivity contribution >= 4 is 16.7 Å². The standard InChI is InChI=1S/C21H22N4O4/c26-17-5-12-9-25(21-15-8-23-24-16(15)3-4-22-21)10-13(12)6-19(17)29-14-1-2-18-20(7-14)28-11-27-18/h1-4,7-8,12-13,17,19,26H,5-6,9-11H2,(H,23,24)/t12-,13+,17+,19+/m0/s1. The molecule has 0 spiro atoms. The number of H-pyrrole nitrogens is 1. The molecule has 2 aromatic heterocycles. The van der Waals surface area contributed by atoms with E-state index < -0.39 is 6.10 Å². The van der Waals surface area contributed by atoms with Crippen LogP contribution in [0, 0.1) is 11.8 Å². The fourth-order valence-corrected chi connectivity index (χ4v) is 4.92. The van der Waals surface area contributed by atoms with Gasteiger partial charge in [-0.05, 0) is 42.9 Å². The van der Waals surface area contributed by atoms with Gasteiger partial charge in [-0.25, -0.2) is 4.98 Å². The molecule has 2 fully saturated rings. The van der Waals surface area contributed by atoms with Gasteiger partial charge in [0, 0.05) is 25.4 Å². The Bertz CT molecular complexity index is 1050. The molecule has 4 atom stereocenters. The highest BCUT2D eigenvalue weighted by Gasteiger charge is 2.43. The summed E-state index contributed by atoms with van der Waals surface area (Å²) in [5.41, 5.74) is 0.994. The van der Waals surface area contributed by atoms with Crippen LogP contribution in [0.1, 0.15) is 12.8 Å². The number of fused-ring (bicyclic) bond motifs is 3. The van der Waals surface area contributed by atoms with E-state index >= 15 is 0 Å². The summed E-state index contributed by atoms with van der Waals surface area (Å²) >= 11 is 0. The molecule has 4 heterocycles. The maximum absolute atomic E-state index is 10.7. The molecule has 0 amide bonds. The molecule has 1 saturated carbocycles. The van der Waals surface area contributed by atoms with E-state index in [1.807, 2.05) is 36.7 Å². The van der Waals surface area contributed by atoms with Gasteiger partial charge in [0.2, 0.25) is 6.79 Å². The first-order valence-corrected chi connectivity index (χ1v) is 10.0. The molecule has 0 unspecified atom stereocenters. The van der Waals surface area contributed by atoms with E-state index in [4.69, 9.17) is 14.2 Å². The first-order valence-electron chi connectivity index (χ1n) is 10.0. The van der Waals surface area contributed by atoms with Crippen LogP contribution in [0.25, 0.3) is 10.9 Å². The van der Waals surface area contributed by atoms with Crippen molar-refractivity contribution in [3.05, 3.63) is 36.7 Å². The maximum Gasteiger partial charge on any atom is 0.231 e. The largest absolute Gasteiger partial charge is 0.488 e. The minimum absolute atomic E-state index is 0.228. The summed E-state index contributed by atoms with van der Waals surface area (Å²) in [5, 5.41) is 18.9. The number of nitrogens with zero attached hydrogens (tertiary/aromatic N) is 3. The number of benzene rings is 1. The lowest BCUT2D eigenvalue weighted by atomic mass is 9.78. The minimum atomic E-state index is -0.487. The molecule has 29 heavy (non-hydrogen) atoms. The maximum atomic E-state index is 10.7. The normalized spacial score (nSPS) is 28.0. The molecule has 3 aliphatic rings. The van der Waals surface area contributed by atoms with Gasteiger partial charge in [-0.15, -0.1) is 0 Å². The molecule has 8 heteroatoms. The second-order valence-electron chi connectivity index (χ2n) is 8.10. The SMILES string of the molecule is O[C@@H]1C[C@H]2CN(c3nccc4[nH]ncc34)C[C@H]2C[C@H]1Oc1ccc2c(c1)OCO2. The number of aromatic amines is 1. The van der Waals surface area contributed by atoms with Crippen LogP contribution in [0.15, 0.2) is 36.7 Å². The first kappa shape index (κ1) is 16.9. The third-order valence-corrected chi connectivity index (χ3v) is 6.36. The second kappa shape index (κ2) is 6.52. The molecular weight excluding hydrogens is 372 g/mol. The summed E-state index contributed by atoms with van der Waals surface area (Å²) < 4.78 is 16.9. The zero-order chi connectivity index (χ0) is 19.4. The molecule has 1 saturated heterocycles. The van der Waals surface area contributed by atoms with Gasteiger partial charge in [0.15, 0.2) is 11.5 Å². The van der Waals surface area contributed by atoms with Crippen molar-refractivity contribution in [2.24, 2.45) is 11.8 Å². The van der Waals surface area contributed by atoms with Crippen LogP contribution in [0.2, 0.25) is 0 Å². The van der Waals surface area contributed by atoms with Crippen molar-refractivity contribution < 1.29 is 19.3 Å². The van der Waals surface area contributed by atoms with E-state index in [1.54, 1.807) is 0 Å². The average Bonchev–Trinajstić information content (AvgIpc) is 3.46. The molecule has 1 aromatic carbocycles. The van der Waals surface area contributed by atoms with Crippen LogP contribution in [0.5, 0.6) is 17.2 Å². The third kappa shape index (κ3) is 2.86. The van der Waals surface area contributed by atoms with Gasteiger partial charge in [-0.3, -0.25) is 5.10 Å². The van der Waals surface area contributed by atoms with Gasteiger partial charge >= 0.3 is 0 Å². The Morgan fingerprint density at radius 3 is 2.90 bits per heavy atom. The number of aliphatic hydroxyl groups excluding tert-OH is 1. The molecular formula is C21H22N4O4. The highest BCUT2D eigenvalue weighted by atomic mass is 16.7. The van der Waals surface area contributed by atoms with Gasteiger partial charge in [0.1, 0.15) is 17.7 Å². The van der Waals surface area contributed by atoms with Crippen LogP contribution in [0.4, 0.5) is 5.82 Å². The minimum Gasteiger partial charge on any atom is -0.488 e. The number of pyridine rings is 1. The van der Waals surface area contributed by atoms with Crippen molar-refractivity contribution in [1.82, 2.24) is 15.2 Å². The predicted octanol–water partition coefficient (Wildman–Crippen LogP) is 2.34. The Labute approximate surface area is 167 Å². The Balaban J connectivity index is 1.19. The summed E-state index contributed by atoms with van der Waals surface area (Å²) in [6, 6.07) is 7.50. The lowest BCUT2D eigenvalue weighted by Gasteiger charge is -2.35. The smallest absolute Gasteiger partial charge is 0.231 e. The topological polar surface area (TPSA) is 92.7 Å². The summed E-state index contributed by atoms with van der Waals surface area (Å²) in [6.07, 6.45) is 4.49. The van der Waals surface area contributed by atoms with Gasteiger partial charge in [0.05, 0.1) is 23.2 Å². The third-order valence-electron chi connectivity index (χ3n) is 6.36. The quantitative estimate of drug-likeness (QED) is 0.704. The van der Waals surface area contributed by atoms with Gasteiger partial charge in [-0.1, -0.05) is 0 Å². The highest BCUT2D eigenvalue weighted by Crippen LogP contribution is 2.41. The monoisotopic (exact) mass is 394 g/mol. The zero-order valence-electron chi connectivity index (χ0n) is 15.8. The second-order valence-corrected chi connectivity index (χ2v) is 8.10. The molecule has 3 aromatic rings. The summed E-state index contributed by atoms with van der Waals surface area (Å²) in [5.74, 6) is 3.99. The number of anilines is 1. The fraction of sp³-hybridized carbons (Fsp3) is 0.429. The van der Waals surface area contributed by atoms with E-state index in [1.165, 1.54) is 0 Å². The Morgan fingerprint density at radius 1 is 1.10 bits per heavy atom. The Kier molecular flexibility index (Phi) is 3.80. The van der Waals surface area contributed by atoms with Crippen molar-refractivity contribution in [3.63, 3.8) is 0 Å². The number of aliphatic hydroxyl groups is 1. The highest BCUT2D eigenvalue weighted by molar-refractivity contribution is 5.89. The number of hydrogen-bond donors (Lipinski definition) is 2. The Morgan fingerprint density at radius 2 is 1.97 bits per heavy atom. The van der Waals surface area contributed by atoms with E-state index in [0.717, 1.165) is 48.4 Å². The van der Waals surface area contributed by atoms with Crippen molar-refractivity contribution in [1.29, 1.82) is 0 Å².